The molecule has 0 unspecified atom stereocenters. The summed E-state index contributed by atoms with van der Waals surface area (Å²) in [5.41, 5.74) is -0.851. The highest BCUT2D eigenvalue weighted by Crippen LogP contribution is 2.23. The van der Waals surface area contributed by atoms with Crippen LogP contribution < -0.4 is 11.2 Å². The lowest BCUT2D eigenvalue weighted by molar-refractivity contribution is -0.137. The lowest BCUT2D eigenvalue weighted by Gasteiger charge is -2.13. The van der Waals surface area contributed by atoms with E-state index in [1.165, 1.54) is 16.8 Å². The Morgan fingerprint density at radius 1 is 1.08 bits per heavy atom. The number of hydrogen-bond acceptors (Lipinski definition) is 4. The van der Waals surface area contributed by atoms with E-state index in [2.05, 4.69) is 4.98 Å². The van der Waals surface area contributed by atoms with Crippen LogP contribution in [-0.4, -0.2) is 25.2 Å². The first kappa shape index (κ1) is 18.4. The van der Waals surface area contributed by atoms with Crippen molar-refractivity contribution in [1.82, 2.24) is 14.1 Å². The van der Waals surface area contributed by atoms with Crippen LogP contribution in [0.2, 0.25) is 15.1 Å². The van der Waals surface area contributed by atoms with Gasteiger partial charge in [-0.15, -0.1) is 0 Å². The normalized spacial score (nSPS) is 11.0. The molecule has 10 heteroatoms. The third-order valence-electron chi connectivity index (χ3n) is 3.64. The highest BCUT2D eigenvalue weighted by atomic mass is 35.5. The summed E-state index contributed by atoms with van der Waals surface area (Å²) in [5.74, 6) is -1.32. The van der Waals surface area contributed by atoms with Crippen molar-refractivity contribution in [3.8, 4) is 0 Å². The van der Waals surface area contributed by atoms with Gasteiger partial charge >= 0.3 is 11.7 Å². The summed E-state index contributed by atoms with van der Waals surface area (Å²) >= 11 is 17.8. The quantitative estimate of drug-likeness (QED) is 0.708. The Kier molecular flexibility index (Phi) is 5.04. The van der Waals surface area contributed by atoms with Crippen LogP contribution >= 0.6 is 34.8 Å². The number of carboxylic acids is 1. The summed E-state index contributed by atoms with van der Waals surface area (Å²) in [6.45, 7) is -0.762. The molecule has 0 fully saturated rings. The fourth-order valence-electron chi connectivity index (χ4n) is 2.51. The molecule has 2 heterocycles. The number of aliphatic carboxylic acids is 1. The summed E-state index contributed by atoms with van der Waals surface area (Å²) in [6, 6.07) is 6.15. The topological polar surface area (TPSA) is 94.2 Å². The highest BCUT2D eigenvalue weighted by molar-refractivity contribution is 6.42. The predicted octanol–water partition coefficient (Wildman–Crippen LogP) is 2.65. The van der Waals surface area contributed by atoms with Crippen molar-refractivity contribution in [2.24, 2.45) is 0 Å². The average molecular weight is 415 g/mol. The van der Waals surface area contributed by atoms with Gasteiger partial charge in [0.25, 0.3) is 5.56 Å². The Balaban J connectivity index is 2.28. The number of aromatic nitrogens is 3. The van der Waals surface area contributed by atoms with Crippen molar-refractivity contribution in [3.63, 3.8) is 0 Å². The molecule has 0 bridgehead atoms. The SMILES string of the molecule is O=C(O)Cn1c(=O)c2cc(Cl)cnc2n(Cc2ccc(Cl)c(Cl)c2)c1=O. The number of rotatable bonds is 4. The Morgan fingerprint density at radius 3 is 2.46 bits per heavy atom. The van der Waals surface area contributed by atoms with Crippen molar-refractivity contribution in [2.75, 3.05) is 0 Å². The van der Waals surface area contributed by atoms with E-state index in [1.807, 2.05) is 0 Å². The highest BCUT2D eigenvalue weighted by Gasteiger charge is 2.17. The van der Waals surface area contributed by atoms with Crippen LogP contribution in [0, 0.1) is 0 Å². The molecule has 2 aromatic heterocycles. The molecule has 0 spiro atoms. The van der Waals surface area contributed by atoms with E-state index in [1.54, 1.807) is 18.2 Å². The lowest BCUT2D eigenvalue weighted by Crippen LogP contribution is -2.42. The fraction of sp³-hybridized carbons (Fsp3) is 0.125. The third-order valence-corrected chi connectivity index (χ3v) is 4.59. The average Bonchev–Trinajstić information content (AvgIpc) is 2.58. The monoisotopic (exact) mass is 413 g/mol. The minimum atomic E-state index is -1.32. The van der Waals surface area contributed by atoms with Gasteiger partial charge in [0.05, 0.1) is 27.0 Å². The van der Waals surface area contributed by atoms with Crippen molar-refractivity contribution in [3.05, 3.63) is 71.9 Å². The number of pyridine rings is 1. The van der Waals surface area contributed by atoms with E-state index in [4.69, 9.17) is 39.9 Å². The number of nitrogens with zero attached hydrogens (tertiary/aromatic N) is 3. The van der Waals surface area contributed by atoms with Crippen LogP contribution in [0.25, 0.3) is 11.0 Å². The van der Waals surface area contributed by atoms with E-state index >= 15 is 0 Å². The molecule has 0 saturated heterocycles. The number of carbonyl (C=O) groups is 1. The predicted molar refractivity (Wildman–Crippen MR) is 98.5 cm³/mol. The van der Waals surface area contributed by atoms with Gasteiger partial charge in [0.2, 0.25) is 0 Å². The maximum atomic E-state index is 12.7. The van der Waals surface area contributed by atoms with Crippen molar-refractivity contribution in [2.45, 2.75) is 13.1 Å². The lowest BCUT2D eigenvalue weighted by atomic mass is 10.2. The van der Waals surface area contributed by atoms with E-state index in [9.17, 15) is 14.4 Å². The van der Waals surface area contributed by atoms with Gasteiger partial charge < -0.3 is 5.11 Å². The molecule has 3 rings (SSSR count). The van der Waals surface area contributed by atoms with Gasteiger partial charge in [-0.2, -0.15) is 0 Å². The fourth-order valence-corrected chi connectivity index (χ4v) is 2.99. The van der Waals surface area contributed by atoms with Crippen molar-refractivity contribution < 1.29 is 9.90 Å². The molecule has 0 amide bonds. The molecule has 0 saturated carbocycles. The van der Waals surface area contributed by atoms with Crippen LogP contribution in [0.1, 0.15) is 5.56 Å². The van der Waals surface area contributed by atoms with Gasteiger partial charge in [0, 0.05) is 6.20 Å². The smallest absolute Gasteiger partial charge is 0.333 e. The second-order valence-corrected chi connectivity index (χ2v) is 6.68. The van der Waals surface area contributed by atoms with Crippen LogP contribution in [-0.2, 0) is 17.9 Å². The molecular formula is C16H10Cl3N3O4. The summed E-state index contributed by atoms with van der Waals surface area (Å²) in [4.78, 5) is 40.3. The van der Waals surface area contributed by atoms with Crippen molar-refractivity contribution >= 4 is 51.8 Å². The standard InChI is InChI=1S/C16H10Cl3N3O4/c17-9-4-10-14(20-5-9)21(6-8-1-2-11(18)12(19)3-8)16(26)22(15(10)25)7-13(23)24/h1-5H,6-7H2,(H,23,24). The van der Waals surface area contributed by atoms with E-state index < -0.39 is 23.8 Å². The van der Waals surface area contributed by atoms with Crippen LogP contribution in [0.15, 0.2) is 40.1 Å². The van der Waals surface area contributed by atoms with Crippen LogP contribution in [0.5, 0.6) is 0 Å². The minimum absolute atomic E-state index is 0.0146. The zero-order valence-electron chi connectivity index (χ0n) is 12.9. The molecule has 134 valence electrons. The number of carboxylic acid groups (broad SMARTS) is 1. The van der Waals surface area contributed by atoms with Crippen LogP contribution in [0.3, 0.4) is 0 Å². The Labute approximate surface area is 161 Å². The van der Waals surface area contributed by atoms with Gasteiger partial charge in [-0.25, -0.2) is 14.3 Å². The summed E-state index contributed by atoms with van der Waals surface area (Å²) in [5, 5.41) is 9.90. The molecule has 0 aliphatic heterocycles. The minimum Gasteiger partial charge on any atom is -0.480 e. The number of hydrogen-bond donors (Lipinski definition) is 1. The van der Waals surface area contributed by atoms with Crippen LogP contribution in [0.4, 0.5) is 0 Å². The van der Waals surface area contributed by atoms with E-state index in [0.717, 1.165) is 0 Å². The first-order valence-corrected chi connectivity index (χ1v) is 8.36. The maximum Gasteiger partial charge on any atom is 0.333 e. The van der Waals surface area contributed by atoms with Gasteiger partial charge in [-0.1, -0.05) is 40.9 Å². The maximum absolute atomic E-state index is 12.7. The second kappa shape index (κ2) is 7.11. The Hall–Kier alpha value is -2.35. The molecule has 0 aliphatic carbocycles. The Bertz CT molecular complexity index is 1150. The molecule has 26 heavy (non-hydrogen) atoms. The molecule has 3 aromatic rings. The molecule has 0 aliphatic rings. The molecule has 1 aromatic carbocycles. The summed E-state index contributed by atoms with van der Waals surface area (Å²) in [7, 11) is 0. The summed E-state index contributed by atoms with van der Waals surface area (Å²) in [6.07, 6.45) is 1.30. The first-order chi connectivity index (χ1) is 12.3. The first-order valence-electron chi connectivity index (χ1n) is 7.22. The number of halogens is 3. The third kappa shape index (κ3) is 3.46. The summed E-state index contributed by atoms with van der Waals surface area (Å²) < 4.78 is 1.82. The molecule has 0 radical (unpaired) electrons. The number of fused-ring (bicyclic) bond motifs is 1. The molecule has 7 nitrogen and oxygen atoms in total. The molecular weight excluding hydrogens is 405 g/mol. The van der Waals surface area contributed by atoms with Gasteiger partial charge in [0.1, 0.15) is 12.2 Å². The second-order valence-electron chi connectivity index (χ2n) is 5.43. The van der Waals surface area contributed by atoms with Gasteiger partial charge in [-0.05, 0) is 23.8 Å². The zero-order chi connectivity index (χ0) is 19.0. The van der Waals surface area contributed by atoms with Crippen molar-refractivity contribution in [1.29, 1.82) is 0 Å². The zero-order valence-corrected chi connectivity index (χ0v) is 15.2. The number of benzene rings is 1. The Morgan fingerprint density at radius 2 is 1.81 bits per heavy atom. The van der Waals surface area contributed by atoms with E-state index in [0.29, 0.717) is 20.2 Å². The largest absolute Gasteiger partial charge is 0.480 e. The molecule has 1 N–H and O–H groups in total. The molecule has 0 atom stereocenters. The van der Waals surface area contributed by atoms with Gasteiger partial charge in [0.15, 0.2) is 0 Å². The van der Waals surface area contributed by atoms with Gasteiger partial charge in [-0.3, -0.25) is 14.2 Å². The van der Waals surface area contributed by atoms with E-state index in [-0.39, 0.29) is 22.6 Å².